The molecule has 0 heterocycles. The van der Waals surface area contributed by atoms with Gasteiger partial charge in [0.25, 0.3) is 5.17 Å². The van der Waals surface area contributed by atoms with Crippen LogP contribution in [0.5, 0.6) is 0 Å². The van der Waals surface area contributed by atoms with Crippen LogP contribution in [0.2, 0.25) is 0 Å². The molecule has 2 nitrogen and oxygen atoms in total. The Balaban J connectivity index is 0. The van der Waals surface area contributed by atoms with Gasteiger partial charge in [0.15, 0.2) is 0 Å². The average molecular weight is 141 g/mol. The van der Waals surface area contributed by atoms with Crippen LogP contribution in [0.4, 0.5) is 0 Å². The molecule has 0 saturated heterocycles. The Labute approximate surface area is 76.4 Å². The van der Waals surface area contributed by atoms with Crippen molar-refractivity contribution in [1.29, 1.82) is 0 Å². The summed E-state index contributed by atoms with van der Waals surface area (Å²) in [5.74, 6) is 0. The van der Waals surface area contributed by atoms with Crippen LogP contribution in [0.1, 0.15) is 0 Å². The fourth-order valence-electron chi connectivity index (χ4n) is 0.141. The van der Waals surface area contributed by atoms with E-state index in [2.05, 4.69) is 23.5 Å². The van der Waals surface area contributed by atoms with Crippen LogP contribution in [0.25, 0.3) is 0 Å². The number of thiocarbonyl (C=S) groups is 1. The van der Waals surface area contributed by atoms with E-state index in [0.29, 0.717) is 6.61 Å². The normalized spacial score (nSPS) is 6.50. The van der Waals surface area contributed by atoms with E-state index in [9.17, 15) is 0 Å². The zero-order chi connectivity index (χ0) is 5.70. The van der Waals surface area contributed by atoms with Gasteiger partial charge in [-0.1, -0.05) is 12.7 Å². The van der Waals surface area contributed by atoms with E-state index in [1.54, 1.807) is 6.08 Å². The SMILES string of the molecule is C=CCOC(N)=S.[NaH]. The molecule has 0 rings (SSSR count). The molecule has 0 aliphatic carbocycles. The molecule has 0 aliphatic heterocycles. The van der Waals surface area contributed by atoms with Gasteiger partial charge in [-0.3, -0.25) is 0 Å². The van der Waals surface area contributed by atoms with Crippen LogP contribution in [0, 0.1) is 0 Å². The molecule has 0 spiro atoms. The summed E-state index contributed by atoms with van der Waals surface area (Å²) in [7, 11) is 0. The van der Waals surface area contributed by atoms with E-state index in [-0.39, 0.29) is 34.7 Å². The first kappa shape index (κ1) is 11.3. The van der Waals surface area contributed by atoms with Gasteiger partial charge < -0.3 is 10.5 Å². The minimum absolute atomic E-state index is 0. The summed E-state index contributed by atoms with van der Waals surface area (Å²) in [6.45, 7) is 3.79. The topological polar surface area (TPSA) is 35.2 Å². The quantitative estimate of drug-likeness (QED) is 0.328. The third-order valence-corrected chi connectivity index (χ3v) is 0.461. The third kappa shape index (κ3) is 9.66. The fraction of sp³-hybridized carbons (Fsp3) is 0.250. The Hall–Kier alpha value is 0.430. The number of nitrogens with two attached hydrogens (primary N) is 1. The maximum atomic E-state index is 4.94. The number of hydrogen-bond donors (Lipinski definition) is 1. The van der Waals surface area contributed by atoms with Crippen LogP contribution in [-0.2, 0) is 4.74 Å². The Morgan fingerprint density at radius 3 is 2.50 bits per heavy atom. The summed E-state index contributed by atoms with van der Waals surface area (Å²) < 4.78 is 4.58. The van der Waals surface area contributed by atoms with Crippen LogP contribution in [0.3, 0.4) is 0 Å². The Bertz CT molecular complexity index is 86.1. The minimum atomic E-state index is 0. The molecule has 0 radical (unpaired) electrons. The molecule has 0 aliphatic rings. The van der Waals surface area contributed by atoms with E-state index in [0.717, 1.165) is 0 Å². The summed E-state index contributed by atoms with van der Waals surface area (Å²) in [6, 6.07) is 0. The molecule has 0 fully saturated rings. The Kier molecular flexibility index (Phi) is 10.5. The van der Waals surface area contributed by atoms with Gasteiger partial charge in [0.05, 0.1) is 0 Å². The van der Waals surface area contributed by atoms with E-state index in [1.807, 2.05) is 0 Å². The van der Waals surface area contributed by atoms with Gasteiger partial charge in [-0.15, -0.1) is 0 Å². The molecule has 8 heavy (non-hydrogen) atoms. The van der Waals surface area contributed by atoms with Crippen LogP contribution >= 0.6 is 12.2 Å². The summed E-state index contributed by atoms with van der Waals surface area (Å²) >= 11 is 4.37. The number of rotatable bonds is 2. The van der Waals surface area contributed by atoms with Crippen LogP contribution in [-0.4, -0.2) is 41.3 Å². The van der Waals surface area contributed by atoms with Gasteiger partial charge in [0.2, 0.25) is 0 Å². The second-order valence-electron chi connectivity index (χ2n) is 0.919. The van der Waals surface area contributed by atoms with Crippen molar-refractivity contribution in [1.82, 2.24) is 0 Å². The molecule has 4 heteroatoms. The summed E-state index contributed by atoms with van der Waals surface area (Å²) in [5.41, 5.74) is 4.94. The predicted molar refractivity (Wildman–Crippen MR) is 40.1 cm³/mol. The first-order chi connectivity index (χ1) is 3.27. The maximum absolute atomic E-state index is 4.94. The van der Waals surface area contributed by atoms with Crippen LogP contribution in [0.15, 0.2) is 12.7 Å². The van der Waals surface area contributed by atoms with E-state index in [1.165, 1.54) is 0 Å². The monoisotopic (exact) mass is 141 g/mol. The van der Waals surface area contributed by atoms with E-state index >= 15 is 0 Å². The van der Waals surface area contributed by atoms with E-state index < -0.39 is 0 Å². The molecule has 0 aromatic carbocycles. The molecule has 0 atom stereocenters. The molecular weight excluding hydrogens is 133 g/mol. The second kappa shape index (κ2) is 7.43. The Morgan fingerprint density at radius 2 is 2.38 bits per heavy atom. The van der Waals surface area contributed by atoms with Crippen molar-refractivity contribution in [2.24, 2.45) is 5.73 Å². The van der Waals surface area contributed by atoms with Crippen molar-refractivity contribution in [3.8, 4) is 0 Å². The molecule has 0 saturated carbocycles. The van der Waals surface area contributed by atoms with Gasteiger partial charge >= 0.3 is 29.6 Å². The van der Waals surface area contributed by atoms with E-state index in [4.69, 9.17) is 5.73 Å². The molecule has 0 unspecified atom stereocenters. The average Bonchev–Trinajstić information content (AvgIpc) is 1.61. The van der Waals surface area contributed by atoms with Gasteiger partial charge in [-0.25, -0.2) is 0 Å². The van der Waals surface area contributed by atoms with Crippen molar-refractivity contribution < 1.29 is 4.74 Å². The number of hydrogen-bond acceptors (Lipinski definition) is 2. The zero-order valence-electron chi connectivity index (χ0n) is 3.89. The van der Waals surface area contributed by atoms with Crippen molar-refractivity contribution >= 4 is 46.9 Å². The van der Waals surface area contributed by atoms with Gasteiger partial charge in [-0.2, -0.15) is 0 Å². The predicted octanol–water partition coefficient (Wildman–Crippen LogP) is -0.216. The van der Waals surface area contributed by atoms with Gasteiger partial charge in [0.1, 0.15) is 6.61 Å². The molecule has 0 aromatic heterocycles. The number of ether oxygens (including phenoxy) is 1. The van der Waals surface area contributed by atoms with Crippen molar-refractivity contribution in [2.75, 3.05) is 6.61 Å². The third-order valence-electron chi connectivity index (χ3n) is 0.343. The van der Waals surface area contributed by atoms with Crippen molar-refractivity contribution in [3.63, 3.8) is 0 Å². The molecule has 2 N–H and O–H groups in total. The summed E-state index contributed by atoms with van der Waals surface area (Å²) in [6.07, 6.45) is 1.58. The van der Waals surface area contributed by atoms with Gasteiger partial charge in [0, 0.05) is 0 Å². The standard InChI is InChI=1S/C4H7NOS.Na.H/c1-2-3-6-4(5)7;;/h2H,1,3H2,(H2,5,7);;. The first-order valence-electron chi connectivity index (χ1n) is 1.80. The first-order valence-corrected chi connectivity index (χ1v) is 2.21. The fourth-order valence-corrected chi connectivity index (χ4v) is 0.209. The molecule has 0 amide bonds. The summed E-state index contributed by atoms with van der Waals surface area (Å²) in [4.78, 5) is 0. The van der Waals surface area contributed by atoms with Gasteiger partial charge in [-0.05, 0) is 12.2 Å². The molecule has 0 bridgehead atoms. The Morgan fingerprint density at radius 1 is 1.88 bits per heavy atom. The van der Waals surface area contributed by atoms with Crippen molar-refractivity contribution in [2.45, 2.75) is 0 Å². The second-order valence-corrected chi connectivity index (χ2v) is 1.32. The summed E-state index contributed by atoms with van der Waals surface area (Å²) in [5, 5.41) is 0.0694. The molecule has 0 aromatic rings. The zero-order valence-corrected chi connectivity index (χ0v) is 4.70. The van der Waals surface area contributed by atoms with Crippen LogP contribution < -0.4 is 5.73 Å². The molecule has 42 valence electrons. The van der Waals surface area contributed by atoms with Crippen molar-refractivity contribution in [3.05, 3.63) is 12.7 Å². The molecular formula is C4H8NNaOS.